The third-order valence-corrected chi connectivity index (χ3v) is 2.54. The average Bonchev–Trinajstić information content (AvgIpc) is 2.31. The van der Waals surface area contributed by atoms with Crippen molar-refractivity contribution >= 4 is 18.5 Å². The summed E-state index contributed by atoms with van der Waals surface area (Å²) in [5, 5.41) is 26.2. The van der Waals surface area contributed by atoms with Gasteiger partial charge in [0.05, 0.1) is 0 Å². The fourth-order valence-corrected chi connectivity index (χ4v) is 1.49. The van der Waals surface area contributed by atoms with Crippen LogP contribution in [0.2, 0.25) is 0 Å². The Bertz CT molecular complexity index is 211. The van der Waals surface area contributed by atoms with Crippen LogP contribution in [0.3, 0.4) is 0 Å². The molecule has 0 radical (unpaired) electrons. The molecule has 0 aliphatic carbocycles. The van der Waals surface area contributed by atoms with E-state index in [-0.39, 0.29) is 19.1 Å². The molecule has 0 saturated carbocycles. The van der Waals surface area contributed by atoms with Gasteiger partial charge in [-0.25, -0.2) is 0 Å². The first kappa shape index (κ1) is 21.7. The summed E-state index contributed by atoms with van der Waals surface area (Å²) < 4.78 is 0. The van der Waals surface area contributed by atoms with Gasteiger partial charge in [-0.2, -0.15) is 0 Å². The molecule has 118 valence electrons. The minimum absolute atomic E-state index is 0.0763. The molecule has 0 aromatic heterocycles. The summed E-state index contributed by atoms with van der Waals surface area (Å²) in [6, 6.07) is 0. The molecule has 0 rings (SSSR count). The predicted octanol–water partition coefficient (Wildman–Crippen LogP) is 0.498. The molecule has 0 aliphatic rings. The van der Waals surface area contributed by atoms with E-state index >= 15 is 0 Å². The topological polar surface area (TPSA) is 121 Å². The van der Waals surface area contributed by atoms with Crippen molar-refractivity contribution in [1.82, 2.24) is 0 Å². The molecule has 0 aromatic rings. The van der Waals surface area contributed by atoms with Gasteiger partial charge in [0.1, 0.15) is 0 Å². The molecule has 8 heteroatoms. The number of aliphatic hydroxyl groups is 3. The zero-order valence-corrected chi connectivity index (χ0v) is 12.9. The Kier molecular flexibility index (Phi) is 16.9. The van der Waals surface area contributed by atoms with Crippen molar-refractivity contribution in [2.24, 2.45) is 5.92 Å². The molecule has 6 N–H and O–H groups in total. The highest BCUT2D eigenvalue weighted by atomic mass is 32.5. The molecule has 0 aromatic carbocycles. The molecule has 0 unspecified atom stereocenters. The molecule has 0 amide bonds. The molecule has 0 fully saturated rings. The molecule has 0 spiro atoms. The Balaban J connectivity index is 0. The highest BCUT2D eigenvalue weighted by Gasteiger charge is 2.04. The molecule has 19 heavy (non-hydrogen) atoms. The summed E-state index contributed by atoms with van der Waals surface area (Å²) in [7, 11) is 0. The lowest BCUT2D eigenvalue weighted by atomic mass is 10.0. The number of aliphatic hydroxyl groups excluding tert-OH is 3. The SMILES string of the molecule is OCCCCCCCCC(CO)CO.OP(O)(O)=S. The third kappa shape index (κ3) is 27.6. The van der Waals surface area contributed by atoms with Gasteiger partial charge in [0.25, 0.3) is 0 Å². The van der Waals surface area contributed by atoms with Crippen molar-refractivity contribution in [2.75, 3.05) is 19.8 Å². The molecule has 0 bridgehead atoms. The van der Waals surface area contributed by atoms with Crippen LogP contribution >= 0.6 is 6.72 Å². The fourth-order valence-electron chi connectivity index (χ4n) is 1.49. The highest BCUT2D eigenvalue weighted by molar-refractivity contribution is 8.06. The third-order valence-electron chi connectivity index (χ3n) is 2.54. The normalized spacial score (nSPS) is 11.3. The van der Waals surface area contributed by atoms with Crippen LogP contribution in [0.1, 0.15) is 44.9 Å². The van der Waals surface area contributed by atoms with E-state index in [1.165, 1.54) is 19.3 Å². The van der Waals surface area contributed by atoms with Crippen LogP contribution in [0.15, 0.2) is 0 Å². The predicted molar refractivity (Wildman–Crippen MR) is 78.0 cm³/mol. The van der Waals surface area contributed by atoms with Gasteiger partial charge in [0.2, 0.25) is 0 Å². The number of rotatable bonds is 10. The van der Waals surface area contributed by atoms with E-state index in [9.17, 15) is 0 Å². The minimum Gasteiger partial charge on any atom is -0.396 e. The van der Waals surface area contributed by atoms with Crippen molar-refractivity contribution < 1.29 is 30.0 Å². The fraction of sp³-hybridized carbons (Fsp3) is 1.00. The van der Waals surface area contributed by atoms with E-state index in [1.54, 1.807) is 0 Å². The smallest absolute Gasteiger partial charge is 0.319 e. The van der Waals surface area contributed by atoms with Crippen LogP contribution in [0.25, 0.3) is 0 Å². The van der Waals surface area contributed by atoms with E-state index in [4.69, 9.17) is 30.0 Å². The second kappa shape index (κ2) is 14.8. The zero-order valence-electron chi connectivity index (χ0n) is 11.2. The lowest BCUT2D eigenvalue weighted by molar-refractivity contribution is 0.141. The van der Waals surface area contributed by atoms with Gasteiger partial charge in [0.15, 0.2) is 0 Å². The first-order valence-corrected chi connectivity index (χ1v) is 9.12. The van der Waals surface area contributed by atoms with E-state index in [0.717, 1.165) is 25.7 Å². The first-order chi connectivity index (χ1) is 8.85. The quantitative estimate of drug-likeness (QED) is 0.256. The molecule has 0 atom stereocenters. The van der Waals surface area contributed by atoms with Gasteiger partial charge in [-0.15, -0.1) is 0 Å². The van der Waals surface area contributed by atoms with Crippen molar-refractivity contribution in [3.05, 3.63) is 0 Å². The van der Waals surface area contributed by atoms with Crippen molar-refractivity contribution in [2.45, 2.75) is 44.9 Å². The molecule has 0 saturated heterocycles. The van der Waals surface area contributed by atoms with E-state index in [1.807, 2.05) is 0 Å². The lowest BCUT2D eigenvalue weighted by Gasteiger charge is -2.09. The Morgan fingerprint density at radius 2 is 1.11 bits per heavy atom. The molecule has 0 heterocycles. The van der Waals surface area contributed by atoms with Crippen LogP contribution in [-0.4, -0.2) is 49.8 Å². The van der Waals surface area contributed by atoms with Gasteiger partial charge < -0.3 is 30.0 Å². The summed E-state index contributed by atoms with van der Waals surface area (Å²) >= 11 is 3.60. The number of hydrogen-bond donors (Lipinski definition) is 6. The monoisotopic (exact) mass is 318 g/mol. The second-order valence-corrected chi connectivity index (χ2v) is 6.87. The van der Waals surface area contributed by atoms with E-state index < -0.39 is 6.72 Å². The standard InChI is InChI=1S/C11H24O3.H3O3PS/c12-8-6-4-2-1-3-5-7-11(9-13)10-14;1-4(2,3)5/h11-14H,1-10H2;(H3,1,2,3,5). The van der Waals surface area contributed by atoms with Gasteiger partial charge in [-0.1, -0.05) is 32.1 Å². The summed E-state index contributed by atoms with van der Waals surface area (Å²) in [4.78, 5) is 22.7. The highest BCUT2D eigenvalue weighted by Crippen LogP contribution is 2.26. The van der Waals surface area contributed by atoms with Crippen LogP contribution in [0.5, 0.6) is 0 Å². The van der Waals surface area contributed by atoms with Crippen LogP contribution in [-0.2, 0) is 11.8 Å². The van der Waals surface area contributed by atoms with E-state index in [0.29, 0.717) is 6.61 Å². The van der Waals surface area contributed by atoms with Gasteiger partial charge in [-0.3, -0.25) is 0 Å². The molecule has 0 aliphatic heterocycles. The van der Waals surface area contributed by atoms with E-state index in [2.05, 4.69) is 11.8 Å². The lowest BCUT2D eigenvalue weighted by Crippen LogP contribution is -2.10. The summed E-state index contributed by atoms with van der Waals surface area (Å²) in [5.74, 6) is 0.0763. The Labute approximate surface area is 120 Å². The molecule has 6 nitrogen and oxygen atoms in total. The van der Waals surface area contributed by atoms with Crippen molar-refractivity contribution in [3.8, 4) is 0 Å². The van der Waals surface area contributed by atoms with Crippen molar-refractivity contribution in [3.63, 3.8) is 0 Å². The maximum absolute atomic E-state index is 8.81. The van der Waals surface area contributed by atoms with Crippen LogP contribution in [0, 0.1) is 5.92 Å². The number of hydrogen-bond acceptors (Lipinski definition) is 4. The van der Waals surface area contributed by atoms with Crippen molar-refractivity contribution in [1.29, 1.82) is 0 Å². The Morgan fingerprint density at radius 3 is 1.47 bits per heavy atom. The van der Waals surface area contributed by atoms with Crippen LogP contribution in [0.4, 0.5) is 0 Å². The maximum atomic E-state index is 8.81. The minimum atomic E-state index is -3.81. The Hall–Kier alpha value is 0.410. The Morgan fingerprint density at radius 1 is 0.737 bits per heavy atom. The van der Waals surface area contributed by atoms with Gasteiger partial charge in [-0.05, 0) is 24.6 Å². The summed E-state index contributed by atoms with van der Waals surface area (Å²) in [5.41, 5.74) is 0. The summed E-state index contributed by atoms with van der Waals surface area (Å²) in [6.45, 7) is -3.31. The maximum Gasteiger partial charge on any atom is 0.319 e. The number of unbranched alkanes of at least 4 members (excludes halogenated alkanes) is 5. The van der Waals surface area contributed by atoms with Gasteiger partial charge in [0, 0.05) is 25.7 Å². The first-order valence-electron chi connectivity index (χ1n) is 6.46. The largest absolute Gasteiger partial charge is 0.396 e. The molecular formula is C11H27O6PS. The zero-order chi connectivity index (χ0) is 15.1. The van der Waals surface area contributed by atoms with Gasteiger partial charge >= 0.3 is 6.72 Å². The average molecular weight is 318 g/mol. The molecular weight excluding hydrogens is 291 g/mol. The summed E-state index contributed by atoms with van der Waals surface area (Å²) in [6.07, 6.45) is 7.59. The van der Waals surface area contributed by atoms with Crippen LogP contribution < -0.4 is 0 Å². The second-order valence-electron chi connectivity index (χ2n) is 4.38.